The summed E-state index contributed by atoms with van der Waals surface area (Å²) in [7, 11) is 3.90. The molecule has 4 aromatic rings. The van der Waals surface area contributed by atoms with Crippen LogP contribution in [0.3, 0.4) is 0 Å². The molecule has 0 fully saturated rings. The maximum atomic E-state index is 12.2. The highest BCUT2D eigenvalue weighted by molar-refractivity contribution is 6.03. The molecule has 0 aliphatic rings. The monoisotopic (exact) mass is 412 g/mol. The van der Waals surface area contributed by atoms with E-state index < -0.39 is 0 Å². The second-order valence-electron chi connectivity index (χ2n) is 6.94. The van der Waals surface area contributed by atoms with Crippen LogP contribution in [0.15, 0.2) is 78.0 Å². The Kier molecular flexibility index (Phi) is 5.53. The first-order chi connectivity index (χ1) is 15.0. The molecular formula is C23H20N6O2. The molecule has 0 unspecified atom stereocenters. The molecule has 0 spiro atoms. The third-order valence-corrected chi connectivity index (χ3v) is 4.59. The van der Waals surface area contributed by atoms with Gasteiger partial charge in [-0.3, -0.25) is 15.1 Å². The molecule has 0 bridgehead atoms. The van der Waals surface area contributed by atoms with Crippen molar-refractivity contribution >= 4 is 17.6 Å². The number of hydrogen-bond acceptors (Lipinski definition) is 7. The van der Waals surface area contributed by atoms with Gasteiger partial charge < -0.3 is 9.32 Å². The summed E-state index contributed by atoms with van der Waals surface area (Å²) in [6.45, 7) is 4.06. The summed E-state index contributed by atoms with van der Waals surface area (Å²) in [5.74, 6) is -0.176. The number of rotatable bonds is 6. The Morgan fingerprint density at radius 1 is 0.935 bits per heavy atom. The summed E-state index contributed by atoms with van der Waals surface area (Å²) in [5, 5.41) is 10.4. The molecule has 8 nitrogen and oxygen atoms in total. The van der Waals surface area contributed by atoms with Gasteiger partial charge in [-0.2, -0.15) is 0 Å². The molecular weight excluding hydrogens is 392 g/mol. The smallest absolute Gasteiger partial charge is 0.322 e. The second kappa shape index (κ2) is 8.58. The fourth-order valence-corrected chi connectivity index (χ4v) is 2.84. The molecule has 4 rings (SSSR count). The first-order valence-corrected chi connectivity index (χ1v) is 9.50. The topological polar surface area (TPSA) is 97.0 Å². The van der Waals surface area contributed by atoms with Crippen LogP contribution in [0.1, 0.15) is 15.9 Å². The van der Waals surface area contributed by atoms with E-state index in [4.69, 9.17) is 4.42 Å². The van der Waals surface area contributed by atoms with Crippen molar-refractivity contribution in [2.24, 2.45) is 0 Å². The van der Waals surface area contributed by atoms with Crippen molar-refractivity contribution < 1.29 is 9.21 Å². The zero-order chi connectivity index (χ0) is 21.8. The molecule has 0 radical (unpaired) electrons. The molecule has 2 aromatic carbocycles. The van der Waals surface area contributed by atoms with E-state index in [1.807, 2.05) is 49.3 Å². The van der Waals surface area contributed by atoms with Crippen molar-refractivity contribution in [1.29, 1.82) is 0 Å². The van der Waals surface area contributed by atoms with E-state index in [2.05, 4.69) is 32.1 Å². The predicted octanol–water partition coefficient (Wildman–Crippen LogP) is 3.98. The van der Waals surface area contributed by atoms with Gasteiger partial charge in [0.15, 0.2) is 0 Å². The van der Waals surface area contributed by atoms with Crippen LogP contribution in [-0.2, 0) is 0 Å². The molecule has 31 heavy (non-hydrogen) atoms. The predicted molar refractivity (Wildman–Crippen MR) is 118 cm³/mol. The van der Waals surface area contributed by atoms with Crippen LogP contribution < -0.4 is 5.32 Å². The van der Waals surface area contributed by atoms with Crippen LogP contribution in [0.25, 0.3) is 28.5 Å². The van der Waals surface area contributed by atoms with Crippen LogP contribution in [-0.4, -0.2) is 45.1 Å². The van der Waals surface area contributed by atoms with E-state index in [-0.39, 0.29) is 17.8 Å². The Balaban J connectivity index is 1.52. The molecule has 0 aliphatic heterocycles. The van der Waals surface area contributed by atoms with Crippen molar-refractivity contribution in [3.8, 4) is 22.8 Å². The highest BCUT2D eigenvalue weighted by Crippen LogP contribution is 2.24. The highest BCUT2D eigenvalue weighted by atomic mass is 16.4. The van der Waals surface area contributed by atoms with Crippen molar-refractivity contribution in [1.82, 2.24) is 25.1 Å². The molecule has 154 valence electrons. The second-order valence-corrected chi connectivity index (χ2v) is 6.94. The minimum Gasteiger partial charge on any atom is -0.401 e. The number of amides is 1. The number of anilines is 1. The Hall–Kier alpha value is -4.33. The minimum atomic E-state index is -0.338. The lowest BCUT2D eigenvalue weighted by Gasteiger charge is -2.15. The Morgan fingerprint density at radius 2 is 1.65 bits per heavy atom. The number of nitrogens with one attached hydrogen (secondary N) is 1. The molecule has 1 amide bonds. The lowest BCUT2D eigenvalue weighted by atomic mass is 10.1. The fourth-order valence-electron chi connectivity index (χ4n) is 2.84. The van der Waals surface area contributed by atoms with Gasteiger partial charge in [0.05, 0.1) is 18.1 Å². The normalized spacial score (nSPS) is 10.5. The number of hydrogen-bond donors (Lipinski definition) is 1. The summed E-state index contributed by atoms with van der Waals surface area (Å²) in [6.07, 6.45) is 3.19. The average molecular weight is 412 g/mol. The van der Waals surface area contributed by atoms with Gasteiger partial charge in [-0.25, -0.2) is 4.98 Å². The molecule has 2 aromatic heterocycles. The molecule has 8 heteroatoms. The van der Waals surface area contributed by atoms with E-state index in [9.17, 15) is 4.79 Å². The average Bonchev–Trinajstić information content (AvgIpc) is 3.28. The SMILES string of the molecule is C=C(c1ccc(-c2cncc(-c3nnc(NC(=O)c4ccccc4)o3)n2)cc1)N(C)C. The van der Waals surface area contributed by atoms with E-state index in [1.54, 1.807) is 30.5 Å². The molecule has 0 atom stereocenters. The summed E-state index contributed by atoms with van der Waals surface area (Å²) >= 11 is 0. The number of carbonyl (C=O) groups is 1. The Labute approximate surface area is 179 Å². The van der Waals surface area contributed by atoms with Crippen molar-refractivity contribution in [3.63, 3.8) is 0 Å². The van der Waals surface area contributed by atoms with Gasteiger partial charge in [0.2, 0.25) is 0 Å². The van der Waals surface area contributed by atoms with Gasteiger partial charge in [0, 0.05) is 30.9 Å². The number of aromatic nitrogens is 4. The van der Waals surface area contributed by atoms with E-state index in [0.717, 1.165) is 16.8 Å². The van der Waals surface area contributed by atoms with Gasteiger partial charge in [-0.1, -0.05) is 54.1 Å². The lowest BCUT2D eigenvalue weighted by molar-refractivity contribution is 0.102. The lowest BCUT2D eigenvalue weighted by Crippen LogP contribution is -2.11. The van der Waals surface area contributed by atoms with Gasteiger partial charge in [-0.15, -0.1) is 5.10 Å². The van der Waals surface area contributed by atoms with E-state index in [0.29, 0.717) is 17.0 Å². The first-order valence-electron chi connectivity index (χ1n) is 9.50. The largest absolute Gasteiger partial charge is 0.401 e. The number of nitrogens with zero attached hydrogens (tertiary/aromatic N) is 5. The van der Waals surface area contributed by atoms with Gasteiger partial charge in [-0.05, 0) is 17.7 Å². The van der Waals surface area contributed by atoms with Crippen molar-refractivity contribution in [3.05, 3.63) is 84.7 Å². The van der Waals surface area contributed by atoms with E-state index >= 15 is 0 Å². The standard InChI is InChI=1S/C23H20N6O2/c1-15(29(2)3)16-9-11-17(12-10-16)19-13-24-14-20(25-19)22-27-28-23(31-22)26-21(30)18-7-5-4-6-8-18/h4-14H,1H2,2-3H3,(H,26,28,30). The zero-order valence-corrected chi connectivity index (χ0v) is 17.1. The third-order valence-electron chi connectivity index (χ3n) is 4.59. The van der Waals surface area contributed by atoms with Crippen LogP contribution in [0.5, 0.6) is 0 Å². The van der Waals surface area contributed by atoms with Gasteiger partial charge >= 0.3 is 6.01 Å². The first kappa shape index (κ1) is 20.0. The van der Waals surface area contributed by atoms with Crippen LogP contribution in [0.2, 0.25) is 0 Å². The fraction of sp³-hybridized carbons (Fsp3) is 0.0870. The van der Waals surface area contributed by atoms with Crippen LogP contribution in [0, 0.1) is 0 Å². The summed E-state index contributed by atoms with van der Waals surface area (Å²) < 4.78 is 5.56. The van der Waals surface area contributed by atoms with Crippen molar-refractivity contribution in [2.75, 3.05) is 19.4 Å². The molecule has 1 N–H and O–H groups in total. The van der Waals surface area contributed by atoms with Crippen LogP contribution in [0.4, 0.5) is 6.01 Å². The molecule has 2 heterocycles. The van der Waals surface area contributed by atoms with Gasteiger partial charge in [0.25, 0.3) is 11.8 Å². The maximum Gasteiger partial charge on any atom is 0.322 e. The third kappa shape index (κ3) is 4.48. The van der Waals surface area contributed by atoms with E-state index in [1.165, 1.54) is 6.20 Å². The van der Waals surface area contributed by atoms with Gasteiger partial charge in [0.1, 0.15) is 5.69 Å². The van der Waals surface area contributed by atoms with Crippen LogP contribution >= 0.6 is 0 Å². The molecule has 0 saturated carbocycles. The summed E-state index contributed by atoms with van der Waals surface area (Å²) in [4.78, 5) is 23.0. The molecule has 0 saturated heterocycles. The molecule has 0 aliphatic carbocycles. The Bertz CT molecular complexity index is 1220. The maximum absolute atomic E-state index is 12.2. The highest BCUT2D eigenvalue weighted by Gasteiger charge is 2.14. The quantitative estimate of drug-likeness (QED) is 0.512. The minimum absolute atomic E-state index is 0.0115. The Morgan fingerprint density at radius 3 is 2.35 bits per heavy atom. The zero-order valence-electron chi connectivity index (χ0n) is 17.1. The summed E-state index contributed by atoms with van der Waals surface area (Å²) in [5.41, 5.74) is 4.39. The summed E-state index contributed by atoms with van der Waals surface area (Å²) in [6, 6.07) is 16.6. The van der Waals surface area contributed by atoms with Crippen molar-refractivity contribution in [2.45, 2.75) is 0 Å². The number of carbonyl (C=O) groups excluding carboxylic acids is 1. The number of benzene rings is 2.